The number of carbonyl (C=O) groups excluding carboxylic acids is 3. The number of anilines is 1. The summed E-state index contributed by atoms with van der Waals surface area (Å²) in [6.07, 6.45) is 14.8. The first-order valence-electron chi connectivity index (χ1n) is 19.2. The number of piperidine rings is 2. The topological polar surface area (TPSA) is 174 Å². The number of imide groups is 1. The third-order valence-electron chi connectivity index (χ3n) is 11.5. The Morgan fingerprint density at radius 2 is 1.78 bits per heavy atom. The van der Waals surface area contributed by atoms with Crippen LogP contribution in [0.2, 0.25) is 0 Å². The zero-order valence-corrected chi connectivity index (χ0v) is 31.2. The molecule has 15 nitrogen and oxygen atoms in total. The second-order valence-electron chi connectivity index (χ2n) is 14.9. The van der Waals surface area contributed by atoms with E-state index in [1.165, 1.54) is 51.3 Å². The van der Waals surface area contributed by atoms with Gasteiger partial charge in [-0.1, -0.05) is 25.3 Å². The molecule has 3 amide bonds. The van der Waals surface area contributed by atoms with Crippen molar-refractivity contribution < 1.29 is 19.1 Å². The number of imidazole rings is 2. The molecule has 2 aromatic carbocycles. The molecule has 1 unspecified atom stereocenters. The summed E-state index contributed by atoms with van der Waals surface area (Å²) in [6, 6.07) is 12.7. The van der Waals surface area contributed by atoms with Crippen LogP contribution in [-0.2, 0) is 16.6 Å². The van der Waals surface area contributed by atoms with E-state index in [1.807, 2.05) is 6.07 Å². The van der Waals surface area contributed by atoms with E-state index in [4.69, 9.17) is 4.74 Å². The molecular formula is C40H46N10O5. The molecule has 4 aromatic heterocycles. The van der Waals surface area contributed by atoms with E-state index >= 15 is 0 Å². The second-order valence-corrected chi connectivity index (χ2v) is 14.9. The number of aromatic amines is 1. The number of rotatable bonds is 7. The van der Waals surface area contributed by atoms with Gasteiger partial charge in [0.1, 0.15) is 11.8 Å². The summed E-state index contributed by atoms with van der Waals surface area (Å²) in [5.41, 5.74) is 4.58. The van der Waals surface area contributed by atoms with Gasteiger partial charge in [0.15, 0.2) is 11.5 Å². The number of ether oxygens (including phenoxy) is 1. The Morgan fingerprint density at radius 3 is 2.56 bits per heavy atom. The molecule has 2 aliphatic heterocycles. The monoisotopic (exact) mass is 746 g/mol. The average Bonchev–Trinajstić information content (AvgIpc) is 3.91. The third-order valence-corrected chi connectivity index (χ3v) is 11.5. The Balaban J connectivity index is 0.000000164. The van der Waals surface area contributed by atoms with E-state index < -0.39 is 6.04 Å². The maximum atomic E-state index is 13.0. The quantitative estimate of drug-likeness (QED) is 0.191. The molecule has 9 rings (SSSR count). The van der Waals surface area contributed by atoms with Crippen LogP contribution in [0.15, 0.2) is 65.8 Å². The van der Waals surface area contributed by atoms with Crippen molar-refractivity contribution in [3.63, 3.8) is 0 Å². The number of methoxy groups -OCH3 is 1. The van der Waals surface area contributed by atoms with Crippen LogP contribution in [0.3, 0.4) is 0 Å². The highest BCUT2D eigenvalue weighted by Gasteiger charge is 2.32. The normalized spacial score (nSPS) is 18.7. The molecular weight excluding hydrogens is 701 g/mol. The maximum Gasteiger partial charge on any atom is 0.329 e. The summed E-state index contributed by atoms with van der Waals surface area (Å²) in [4.78, 5) is 56.4. The molecule has 1 aliphatic carbocycles. The number of aryl methyl sites for hydroxylation is 1. The molecule has 2 saturated heterocycles. The van der Waals surface area contributed by atoms with Gasteiger partial charge in [0, 0.05) is 37.7 Å². The lowest BCUT2D eigenvalue weighted by Gasteiger charge is -2.35. The second kappa shape index (κ2) is 15.5. The van der Waals surface area contributed by atoms with Crippen LogP contribution < -0.4 is 21.1 Å². The van der Waals surface area contributed by atoms with Gasteiger partial charge in [0.2, 0.25) is 11.8 Å². The van der Waals surface area contributed by atoms with Gasteiger partial charge < -0.3 is 15.0 Å². The number of carbonyl (C=O) groups is 3. The predicted octanol–water partition coefficient (Wildman–Crippen LogP) is 4.94. The SMILES string of the molecule is COc1cc2[nH]ncc2cc1C(=O)Nc1cnc2cccnn12.Cn1c(=O)n(C2CCC(=O)NC2=O)c2ccc(C3CCN(CC4CCCCC4)CC3)cc21. The van der Waals surface area contributed by atoms with Crippen molar-refractivity contribution in [2.24, 2.45) is 13.0 Å². The molecule has 0 spiro atoms. The number of hydrogen-bond donors (Lipinski definition) is 3. The molecule has 3 N–H and O–H groups in total. The Hall–Kier alpha value is -5.83. The van der Waals surface area contributed by atoms with Crippen molar-refractivity contribution in [3.8, 4) is 5.75 Å². The summed E-state index contributed by atoms with van der Waals surface area (Å²) in [7, 11) is 3.29. The fourth-order valence-corrected chi connectivity index (χ4v) is 8.46. The molecule has 286 valence electrons. The first-order chi connectivity index (χ1) is 26.8. The first-order valence-corrected chi connectivity index (χ1v) is 19.2. The minimum Gasteiger partial charge on any atom is -0.496 e. The zero-order valence-electron chi connectivity index (χ0n) is 31.2. The summed E-state index contributed by atoms with van der Waals surface area (Å²) in [5, 5.41) is 17.0. The molecule has 0 radical (unpaired) electrons. The molecule has 15 heteroatoms. The summed E-state index contributed by atoms with van der Waals surface area (Å²) in [5.74, 6) is 1.38. The first kappa shape index (κ1) is 36.2. The Morgan fingerprint density at radius 1 is 0.964 bits per heavy atom. The Labute approximate surface area is 317 Å². The number of likely N-dealkylation sites (tertiary alicyclic amines) is 1. The molecule has 55 heavy (non-hydrogen) atoms. The summed E-state index contributed by atoms with van der Waals surface area (Å²) < 4.78 is 10.1. The Kier molecular flexibility index (Phi) is 10.2. The van der Waals surface area contributed by atoms with Gasteiger partial charge in [-0.2, -0.15) is 14.7 Å². The van der Waals surface area contributed by atoms with Gasteiger partial charge in [0.05, 0.1) is 41.6 Å². The van der Waals surface area contributed by atoms with Crippen LogP contribution in [0.4, 0.5) is 5.82 Å². The number of hydrogen-bond acceptors (Lipinski definition) is 9. The standard InChI is InChI=1S/C25H34N4O3.C15H12N6O2/c1-27-22-15-19(18-11-13-28(14-12-18)16-17-5-3-2-4-6-17)7-8-20(22)29(25(27)32)21-9-10-23(30)26-24(21)31;1-23-12-6-11-9(7-17-20-11)5-10(12)15(22)19-14-8-16-13-3-2-4-18-21(13)14/h7-8,15,17-18,21H,2-6,9-14,16H2,1H3,(H,26,30,31);2-8H,1H3,(H,17,20)(H,19,22). The molecule has 1 saturated carbocycles. The van der Waals surface area contributed by atoms with Gasteiger partial charge in [0.25, 0.3) is 5.91 Å². The lowest BCUT2D eigenvalue weighted by atomic mass is 9.86. The van der Waals surface area contributed by atoms with E-state index in [2.05, 4.69) is 47.9 Å². The average molecular weight is 747 g/mol. The van der Waals surface area contributed by atoms with Crippen molar-refractivity contribution in [1.29, 1.82) is 0 Å². The number of benzene rings is 2. The van der Waals surface area contributed by atoms with Crippen LogP contribution >= 0.6 is 0 Å². The predicted molar refractivity (Wildman–Crippen MR) is 207 cm³/mol. The van der Waals surface area contributed by atoms with E-state index in [9.17, 15) is 19.2 Å². The Bertz CT molecular complexity index is 2430. The lowest BCUT2D eigenvalue weighted by molar-refractivity contribution is -0.135. The molecule has 3 aliphatic rings. The number of fused-ring (bicyclic) bond motifs is 3. The van der Waals surface area contributed by atoms with Gasteiger partial charge in [-0.25, -0.2) is 9.78 Å². The lowest BCUT2D eigenvalue weighted by Crippen LogP contribution is -2.44. The van der Waals surface area contributed by atoms with Gasteiger partial charge in [-0.05, 0) is 92.9 Å². The minimum absolute atomic E-state index is 0.200. The molecule has 0 bridgehead atoms. The highest BCUT2D eigenvalue weighted by atomic mass is 16.5. The van der Waals surface area contributed by atoms with Crippen molar-refractivity contribution in [1.82, 2.24) is 44.1 Å². The highest BCUT2D eigenvalue weighted by Crippen LogP contribution is 2.33. The number of amides is 3. The van der Waals surface area contributed by atoms with Crippen LogP contribution in [0.1, 0.15) is 85.7 Å². The fraction of sp³-hybridized carbons (Fsp3) is 0.425. The van der Waals surface area contributed by atoms with E-state index in [-0.39, 0.29) is 29.8 Å². The van der Waals surface area contributed by atoms with Gasteiger partial charge in [-0.3, -0.25) is 33.9 Å². The fourth-order valence-electron chi connectivity index (χ4n) is 8.46. The van der Waals surface area contributed by atoms with E-state index in [1.54, 1.807) is 63.6 Å². The number of aromatic nitrogens is 7. The third kappa shape index (κ3) is 7.35. The van der Waals surface area contributed by atoms with Crippen molar-refractivity contribution in [3.05, 3.63) is 82.7 Å². The van der Waals surface area contributed by atoms with Crippen molar-refractivity contribution >= 4 is 51.1 Å². The summed E-state index contributed by atoms with van der Waals surface area (Å²) in [6.45, 7) is 3.56. The van der Waals surface area contributed by atoms with Gasteiger partial charge in [-0.15, -0.1) is 0 Å². The number of nitrogens with zero attached hydrogens (tertiary/aromatic N) is 7. The van der Waals surface area contributed by atoms with Crippen molar-refractivity contribution in [2.75, 3.05) is 32.1 Å². The summed E-state index contributed by atoms with van der Waals surface area (Å²) >= 11 is 0. The van der Waals surface area contributed by atoms with Crippen LogP contribution in [0.25, 0.3) is 27.6 Å². The smallest absolute Gasteiger partial charge is 0.329 e. The zero-order chi connectivity index (χ0) is 38.1. The molecule has 6 aromatic rings. The van der Waals surface area contributed by atoms with E-state index in [0.29, 0.717) is 35.1 Å². The van der Waals surface area contributed by atoms with Crippen LogP contribution in [-0.4, -0.2) is 83.3 Å². The largest absolute Gasteiger partial charge is 0.496 e. The van der Waals surface area contributed by atoms with Crippen molar-refractivity contribution in [2.45, 2.75) is 69.7 Å². The minimum atomic E-state index is -0.627. The highest BCUT2D eigenvalue weighted by molar-refractivity contribution is 6.08. The molecule has 1 atom stereocenters. The van der Waals surface area contributed by atoms with Crippen LogP contribution in [0.5, 0.6) is 5.75 Å². The molecule has 3 fully saturated rings. The van der Waals surface area contributed by atoms with Crippen LogP contribution in [0, 0.1) is 5.92 Å². The van der Waals surface area contributed by atoms with Gasteiger partial charge >= 0.3 is 5.69 Å². The number of nitrogens with one attached hydrogen (secondary N) is 3. The number of H-pyrrole nitrogens is 1. The maximum absolute atomic E-state index is 13.0. The van der Waals surface area contributed by atoms with E-state index in [0.717, 1.165) is 53.8 Å². The molecule has 6 heterocycles.